The number of esters is 1. The molecule has 0 aliphatic heterocycles. The van der Waals surface area contributed by atoms with Gasteiger partial charge in [0.05, 0.1) is 18.7 Å². The first-order valence-corrected chi connectivity index (χ1v) is 12.3. The lowest BCUT2D eigenvalue weighted by atomic mass is 9.96. The summed E-state index contributed by atoms with van der Waals surface area (Å²) in [6.07, 6.45) is 5.08. The molecule has 0 saturated heterocycles. The number of alkyl carbamates (subject to hydrolysis) is 1. The number of hydrogen-bond donors (Lipinski definition) is 1. The molecule has 8 nitrogen and oxygen atoms in total. The maximum Gasteiger partial charge on any atom is 0.408 e. The van der Waals surface area contributed by atoms with Crippen molar-refractivity contribution >= 4 is 28.7 Å². The first kappa shape index (κ1) is 26.6. The zero-order valence-electron chi connectivity index (χ0n) is 21.9. The van der Waals surface area contributed by atoms with Gasteiger partial charge < -0.3 is 19.4 Å². The van der Waals surface area contributed by atoms with Crippen LogP contribution in [0.3, 0.4) is 0 Å². The molecule has 38 heavy (non-hydrogen) atoms. The summed E-state index contributed by atoms with van der Waals surface area (Å²) in [6, 6.07) is 18.9. The third-order valence-electron chi connectivity index (χ3n) is 5.99. The van der Waals surface area contributed by atoms with Gasteiger partial charge in [-0.25, -0.2) is 9.59 Å². The number of nitrogens with one attached hydrogen (secondary N) is 1. The van der Waals surface area contributed by atoms with Crippen LogP contribution in [0.1, 0.15) is 43.5 Å². The summed E-state index contributed by atoms with van der Waals surface area (Å²) in [7, 11) is 1.19. The van der Waals surface area contributed by atoms with Crippen molar-refractivity contribution in [2.75, 3.05) is 7.11 Å². The zero-order chi connectivity index (χ0) is 27.3. The van der Waals surface area contributed by atoms with E-state index in [-0.39, 0.29) is 6.42 Å². The van der Waals surface area contributed by atoms with Gasteiger partial charge >= 0.3 is 12.1 Å². The number of nitrogens with zero attached hydrogens (tertiary/aromatic N) is 2. The molecule has 8 heteroatoms. The lowest BCUT2D eigenvalue weighted by Gasteiger charge is -2.25. The Labute approximate surface area is 221 Å². The number of para-hydroxylation sites is 1. The van der Waals surface area contributed by atoms with Crippen molar-refractivity contribution in [1.82, 2.24) is 14.9 Å². The molecule has 4 aromatic rings. The van der Waals surface area contributed by atoms with Gasteiger partial charge in [0.1, 0.15) is 5.60 Å². The maximum absolute atomic E-state index is 12.9. The Bertz CT molecular complexity index is 1440. The zero-order valence-corrected chi connectivity index (χ0v) is 21.9. The highest BCUT2D eigenvalue weighted by molar-refractivity contribution is 6.34. The summed E-state index contributed by atoms with van der Waals surface area (Å²) in [5.74, 6) is -1.53. The van der Waals surface area contributed by atoms with E-state index in [9.17, 15) is 14.4 Å². The molecular formula is C30H31N3O5. The number of Topliss-reactive ketones (excluding diaryl/α,β-unsaturated/α-hetero) is 1. The Hall–Kier alpha value is -4.46. The van der Waals surface area contributed by atoms with Crippen LogP contribution < -0.4 is 5.32 Å². The Morgan fingerprint density at radius 2 is 1.68 bits per heavy atom. The standard InChI is InChI=1S/C30H31N3O5/c1-30(2,3)38-29(36)32-25(17-20-9-6-5-7-10-20)24-12-8-11-23-21(18-26(34)28(35)37-4)19-33(27(23)24)22-13-15-31-16-14-22/h5-16,19,25H,17-18H2,1-4H3,(H,32,36). The molecule has 4 rings (SSSR count). The van der Waals surface area contributed by atoms with Crippen LogP contribution in [0.15, 0.2) is 79.3 Å². The Morgan fingerprint density at radius 3 is 2.34 bits per heavy atom. The lowest BCUT2D eigenvalue weighted by molar-refractivity contribution is -0.151. The molecule has 1 atom stereocenters. The van der Waals surface area contributed by atoms with Crippen LogP contribution in [-0.4, -0.2) is 40.1 Å². The quantitative estimate of drug-likeness (QED) is 0.259. The minimum absolute atomic E-state index is 0.118. The molecular weight excluding hydrogens is 482 g/mol. The Morgan fingerprint density at radius 1 is 0.974 bits per heavy atom. The smallest absolute Gasteiger partial charge is 0.408 e. The van der Waals surface area contributed by atoms with Gasteiger partial charge in [-0.05, 0) is 56.0 Å². The fourth-order valence-electron chi connectivity index (χ4n) is 4.41. The van der Waals surface area contributed by atoms with E-state index in [1.54, 1.807) is 12.4 Å². The van der Waals surface area contributed by atoms with E-state index in [2.05, 4.69) is 15.0 Å². The number of pyridine rings is 1. The van der Waals surface area contributed by atoms with Crippen LogP contribution in [0.4, 0.5) is 4.79 Å². The third kappa shape index (κ3) is 6.26. The van der Waals surface area contributed by atoms with Crippen molar-refractivity contribution in [3.63, 3.8) is 0 Å². The van der Waals surface area contributed by atoms with Crippen LogP contribution >= 0.6 is 0 Å². The van der Waals surface area contributed by atoms with Crippen molar-refractivity contribution in [2.45, 2.75) is 45.3 Å². The molecule has 196 valence electrons. The number of ether oxygens (including phenoxy) is 2. The first-order valence-electron chi connectivity index (χ1n) is 12.3. The molecule has 0 spiro atoms. The van der Waals surface area contributed by atoms with Gasteiger partial charge in [-0.15, -0.1) is 0 Å². The highest BCUT2D eigenvalue weighted by Gasteiger charge is 2.26. The van der Waals surface area contributed by atoms with E-state index < -0.39 is 29.5 Å². The van der Waals surface area contributed by atoms with Crippen LogP contribution in [0.25, 0.3) is 16.6 Å². The number of aromatic nitrogens is 2. The summed E-state index contributed by atoms with van der Waals surface area (Å²) < 4.78 is 12.2. The number of carbonyl (C=O) groups is 3. The summed E-state index contributed by atoms with van der Waals surface area (Å²) in [5, 5.41) is 3.85. The van der Waals surface area contributed by atoms with E-state index in [1.165, 1.54) is 7.11 Å². The number of carbonyl (C=O) groups excluding carboxylic acids is 3. The predicted octanol–water partition coefficient (Wildman–Crippen LogP) is 5.12. The number of benzene rings is 2. The van der Waals surface area contributed by atoms with Crippen molar-refractivity contribution in [1.29, 1.82) is 0 Å². The second-order valence-corrected chi connectivity index (χ2v) is 9.95. The minimum Gasteiger partial charge on any atom is -0.463 e. The first-order chi connectivity index (χ1) is 18.2. The monoisotopic (exact) mass is 513 g/mol. The van der Waals surface area contributed by atoms with Crippen molar-refractivity contribution in [2.24, 2.45) is 0 Å². The number of rotatable bonds is 8. The summed E-state index contributed by atoms with van der Waals surface area (Å²) >= 11 is 0. The molecule has 0 aliphatic rings. The lowest BCUT2D eigenvalue weighted by Crippen LogP contribution is -2.36. The SMILES string of the molecule is COC(=O)C(=O)Cc1cn(-c2ccncc2)c2c(C(Cc3ccccc3)NC(=O)OC(C)(C)C)cccc12. The van der Waals surface area contributed by atoms with Crippen molar-refractivity contribution in [3.8, 4) is 5.69 Å². The van der Waals surface area contributed by atoms with E-state index in [4.69, 9.17) is 4.74 Å². The molecule has 0 aliphatic carbocycles. The fourth-order valence-corrected chi connectivity index (χ4v) is 4.41. The maximum atomic E-state index is 12.9. The number of methoxy groups -OCH3 is 1. The summed E-state index contributed by atoms with van der Waals surface area (Å²) in [5.41, 5.74) is 3.52. The highest BCUT2D eigenvalue weighted by Crippen LogP contribution is 2.33. The van der Waals surface area contributed by atoms with Crippen molar-refractivity contribution < 1.29 is 23.9 Å². The van der Waals surface area contributed by atoms with Crippen LogP contribution in [0.2, 0.25) is 0 Å². The molecule has 1 unspecified atom stereocenters. The van der Waals surface area contributed by atoms with Gasteiger partial charge in [-0.2, -0.15) is 0 Å². The second-order valence-electron chi connectivity index (χ2n) is 9.95. The molecule has 1 N–H and O–H groups in total. The van der Waals surface area contributed by atoms with Crippen molar-refractivity contribution in [3.05, 3.63) is 95.9 Å². The molecule has 0 fully saturated rings. The predicted molar refractivity (Wildman–Crippen MR) is 144 cm³/mol. The highest BCUT2D eigenvalue weighted by atomic mass is 16.6. The van der Waals surface area contributed by atoms with Crippen LogP contribution in [0.5, 0.6) is 0 Å². The number of ketones is 1. The molecule has 1 amide bonds. The topological polar surface area (TPSA) is 99.5 Å². The van der Waals surface area contributed by atoms with Crippen LogP contribution in [-0.2, 0) is 31.9 Å². The van der Waals surface area contributed by atoms with Gasteiger partial charge in [0, 0.05) is 36.1 Å². The van der Waals surface area contributed by atoms with Gasteiger partial charge in [0.15, 0.2) is 0 Å². The van der Waals surface area contributed by atoms with Gasteiger partial charge in [0.2, 0.25) is 5.78 Å². The Kier molecular flexibility index (Phi) is 7.90. The van der Waals surface area contributed by atoms with Gasteiger partial charge in [-0.3, -0.25) is 9.78 Å². The molecule has 2 aromatic carbocycles. The second kappa shape index (κ2) is 11.3. The van der Waals surface area contributed by atoms with E-state index in [1.807, 2.05) is 92.2 Å². The molecule has 2 heterocycles. The molecule has 2 aromatic heterocycles. The number of amides is 1. The van der Waals surface area contributed by atoms with E-state index >= 15 is 0 Å². The molecule has 0 bridgehead atoms. The number of fused-ring (bicyclic) bond motifs is 1. The normalized spacial score (nSPS) is 12.1. The third-order valence-corrected chi connectivity index (χ3v) is 5.99. The average molecular weight is 514 g/mol. The minimum atomic E-state index is -0.889. The Balaban J connectivity index is 1.87. The van der Waals surface area contributed by atoms with E-state index in [0.717, 1.165) is 27.7 Å². The largest absolute Gasteiger partial charge is 0.463 e. The molecule has 0 saturated carbocycles. The summed E-state index contributed by atoms with van der Waals surface area (Å²) in [4.78, 5) is 41.5. The fraction of sp³-hybridized carbons (Fsp3) is 0.267. The van der Waals surface area contributed by atoms with E-state index in [0.29, 0.717) is 12.0 Å². The number of hydrogen-bond acceptors (Lipinski definition) is 6. The summed E-state index contributed by atoms with van der Waals surface area (Å²) in [6.45, 7) is 5.45. The molecule has 0 radical (unpaired) electrons. The average Bonchev–Trinajstić information content (AvgIpc) is 3.26. The van der Waals surface area contributed by atoms with Crippen LogP contribution in [0, 0.1) is 0 Å². The van der Waals surface area contributed by atoms with Gasteiger partial charge in [0.25, 0.3) is 0 Å². The van der Waals surface area contributed by atoms with Gasteiger partial charge in [-0.1, -0.05) is 48.5 Å².